The van der Waals surface area contributed by atoms with Crippen LogP contribution in [0.1, 0.15) is 35.1 Å². The highest BCUT2D eigenvalue weighted by Gasteiger charge is 2.39. The van der Waals surface area contributed by atoms with Crippen LogP contribution in [0.4, 0.5) is 0 Å². The van der Waals surface area contributed by atoms with Crippen molar-refractivity contribution in [1.29, 1.82) is 0 Å². The second-order valence-electron chi connectivity index (χ2n) is 8.34. The summed E-state index contributed by atoms with van der Waals surface area (Å²) in [5.41, 5.74) is 4.03. The molecule has 166 valence electrons. The first kappa shape index (κ1) is 23.4. The molecule has 4 atom stereocenters. The number of aliphatic hydroxyl groups is 3. The van der Waals surface area contributed by atoms with Crippen LogP contribution in [0.3, 0.4) is 0 Å². The van der Waals surface area contributed by atoms with Gasteiger partial charge in [0.1, 0.15) is 5.78 Å². The molecule has 0 saturated heterocycles. The zero-order valence-corrected chi connectivity index (χ0v) is 18.0. The van der Waals surface area contributed by atoms with Crippen LogP contribution in [-0.2, 0) is 35.6 Å². The third-order valence-electron chi connectivity index (χ3n) is 5.99. The molecular weight excluding hydrogens is 392 g/mol. The lowest BCUT2D eigenvalue weighted by atomic mass is 9.88. The summed E-state index contributed by atoms with van der Waals surface area (Å²) in [6, 6.07) is 15.6. The first-order chi connectivity index (χ1) is 15.0. The Kier molecular flexibility index (Phi) is 8.55. The quantitative estimate of drug-likeness (QED) is 0.511. The van der Waals surface area contributed by atoms with E-state index in [-0.39, 0.29) is 30.6 Å². The van der Waals surface area contributed by atoms with E-state index in [0.717, 1.165) is 28.7 Å². The number of Topliss-reactive ketones (excluding diaryl/α,β-unsaturated/α-hetero) is 1. The van der Waals surface area contributed by atoms with E-state index in [0.29, 0.717) is 19.4 Å². The van der Waals surface area contributed by atoms with E-state index < -0.39 is 12.2 Å². The zero-order valence-electron chi connectivity index (χ0n) is 18.0. The van der Waals surface area contributed by atoms with Gasteiger partial charge in [0.15, 0.2) is 0 Å². The molecule has 0 heterocycles. The van der Waals surface area contributed by atoms with Crippen molar-refractivity contribution in [3.8, 4) is 0 Å². The van der Waals surface area contributed by atoms with E-state index in [1.165, 1.54) is 0 Å². The smallest absolute Gasteiger partial charge is 0.139 e. The van der Waals surface area contributed by atoms with Crippen molar-refractivity contribution < 1.29 is 24.9 Å². The molecule has 1 aliphatic carbocycles. The van der Waals surface area contributed by atoms with E-state index in [4.69, 9.17) is 9.84 Å². The summed E-state index contributed by atoms with van der Waals surface area (Å²) < 4.78 is 5.16. The highest BCUT2D eigenvalue weighted by atomic mass is 16.5. The zero-order chi connectivity index (χ0) is 22.2. The Morgan fingerprint density at radius 1 is 1.10 bits per heavy atom. The Balaban J connectivity index is 1.60. The minimum Gasteiger partial charge on any atom is -0.392 e. The van der Waals surface area contributed by atoms with Gasteiger partial charge in [-0.3, -0.25) is 4.79 Å². The fourth-order valence-electron chi connectivity index (χ4n) is 4.30. The normalized spacial score (nSPS) is 22.3. The van der Waals surface area contributed by atoms with Crippen molar-refractivity contribution in [2.45, 2.75) is 51.1 Å². The molecule has 5 heteroatoms. The van der Waals surface area contributed by atoms with Crippen LogP contribution in [0.2, 0.25) is 0 Å². The molecule has 0 bridgehead atoms. The number of benzene rings is 2. The van der Waals surface area contributed by atoms with Crippen LogP contribution in [-0.4, -0.2) is 40.4 Å². The first-order valence-corrected chi connectivity index (χ1v) is 10.8. The van der Waals surface area contributed by atoms with E-state index >= 15 is 0 Å². The van der Waals surface area contributed by atoms with Crippen LogP contribution in [0.25, 0.3) is 0 Å². The molecule has 1 fully saturated rings. The fraction of sp³-hybridized carbons (Fsp3) is 0.423. The number of rotatable bonds is 10. The standard InChI is InChI=1S/C26H32O5/c1-31-17-21-4-2-3-20(13-21)14-22(28)10-12-24-23(25(29)15-26(24)30)11-9-18-5-7-19(16-27)8-6-18/h2-8,10,12-13,22-24,26-28,30H,9,11,14-17H2,1H3/b12-10+/t22-,23-,24-,26-/m1/s1. The number of methoxy groups -OCH3 is 1. The molecule has 0 amide bonds. The summed E-state index contributed by atoms with van der Waals surface area (Å²) >= 11 is 0. The number of carbonyl (C=O) groups excluding carboxylic acids is 1. The first-order valence-electron chi connectivity index (χ1n) is 10.8. The molecule has 0 aliphatic heterocycles. The number of hydrogen-bond acceptors (Lipinski definition) is 5. The lowest BCUT2D eigenvalue weighted by Gasteiger charge is -2.18. The predicted molar refractivity (Wildman–Crippen MR) is 119 cm³/mol. The molecule has 3 N–H and O–H groups in total. The molecule has 0 radical (unpaired) electrons. The topological polar surface area (TPSA) is 87.0 Å². The number of ether oxygens (including phenoxy) is 1. The van der Waals surface area contributed by atoms with E-state index in [1.54, 1.807) is 13.2 Å². The molecule has 1 saturated carbocycles. The van der Waals surface area contributed by atoms with Gasteiger partial charge in [0.2, 0.25) is 0 Å². The van der Waals surface area contributed by atoms with Gasteiger partial charge < -0.3 is 20.1 Å². The van der Waals surface area contributed by atoms with Crippen molar-refractivity contribution in [1.82, 2.24) is 0 Å². The maximum Gasteiger partial charge on any atom is 0.139 e. The Bertz CT molecular complexity index is 874. The van der Waals surface area contributed by atoms with Gasteiger partial charge in [0.05, 0.1) is 25.4 Å². The van der Waals surface area contributed by atoms with Crippen LogP contribution in [0.5, 0.6) is 0 Å². The van der Waals surface area contributed by atoms with Crippen LogP contribution < -0.4 is 0 Å². The van der Waals surface area contributed by atoms with E-state index in [1.807, 2.05) is 54.6 Å². The fourth-order valence-corrected chi connectivity index (χ4v) is 4.30. The molecule has 31 heavy (non-hydrogen) atoms. The number of carbonyl (C=O) groups is 1. The molecule has 1 aliphatic rings. The second-order valence-corrected chi connectivity index (χ2v) is 8.34. The van der Waals surface area contributed by atoms with Gasteiger partial charge in [-0.25, -0.2) is 0 Å². The van der Waals surface area contributed by atoms with Crippen molar-refractivity contribution >= 4 is 5.78 Å². The highest BCUT2D eigenvalue weighted by molar-refractivity contribution is 5.84. The Hall–Kier alpha value is -2.31. The van der Waals surface area contributed by atoms with Gasteiger partial charge in [-0.2, -0.15) is 0 Å². The number of hydrogen-bond donors (Lipinski definition) is 3. The average molecular weight is 425 g/mol. The highest BCUT2D eigenvalue weighted by Crippen LogP contribution is 2.34. The SMILES string of the molecule is COCc1cccc(C[C@H](O)/C=C/[C@H]2[C@H](O)CC(=O)[C@@H]2CCc2ccc(CO)cc2)c1. The molecule has 0 aromatic heterocycles. The van der Waals surface area contributed by atoms with E-state index in [9.17, 15) is 15.0 Å². The third-order valence-corrected chi connectivity index (χ3v) is 5.99. The summed E-state index contributed by atoms with van der Waals surface area (Å²) in [4.78, 5) is 12.5. The van der Waals surface area contributed by atoms with Crippen molar-refractivity contribution in [3.05, 3.63) is 82.9 Å². The minimum absolute atomic E-state index is 0.0133. The number of aryl methyl sites for hydroxylation is 1. The summed E-state index contributed by atoms with van der Waals surface area (Å²) in [7, 11) is 1.65. The summed E-state index contributed by atoms with van der Waals surface area (Å²) in [6.07, 6.45) is 4.14. The molecule has 2 aromatic carbocycles. The van der Waals surface area contributed by atoms with Gasteiger partial charge in [-0.15, -0.1) is 0 Å². The average Bonchev–Trinajstić information content (AvgIpc) is 3.03. The predicted octanol–water partition coefficient (Wildman–Crippen LogP) is 2.98. The van der Waals surface area contributed by atoms with Crippen LogP contribution in [0.15, 0.2) is 60.7 Å². The maximum absolute atomic E-state index is 12.5. The van der Waals surface area contributed by atoms with Crippen LogP contribution in [0, 0.1) is 11.8 Å². The number of aliphatic hydroxyl groups excluding tert-OH is 3. The summed E-state index contributed by atoms with van der Waals surface area (Å²) in [5, 5.41) is 30.0. The monoisotopic (exact) mass is 424 g/mol. The Labute approximate surface area is 184 Å². The summed E-state index contributed by atoms with van der Waals surface area (Å²) in [5.74, 6) is -0.449. The second kappa shape index (κ2) is 11.3. The molecule has 2 aromatic rings. The molecular formula is C26H32O5. The van der Waals surface area contributed by atoms with Gasteiger partial charge in [-0.05, 0) is 35.1 Å². The van der Waals surface area contributed by atoms with Gasteiger partial charge in [-0.1, -0.05) is 60.7 Å². The van der Waals surface area contributed by atoms with Crippen molar-refractivity contribution in [3.63, 3.8) is 0 Å². The van der Waals surface area contributed by atoms with E-state index in [2.05, 4.69) is 0 Å². The van der Waals surface area contributed by atoms with Gasteiger partial charge in [0.25, 0.3) is 0 Å². The molecule has 5 nitrogen and oxygen atoms in total. The number of ketones is 1. The molecule has 0 spiro atoms. The summed E-state index contributed by atoms with van der Waals surface area (Å²) in [6.45, 7) is 0.542. The van der Waals surface area contributed by atoms with Crippen molar-refractivity contribution in [2.24, 2.45) is 11.8 Å². The largest absolute Gasteiger partial charge is 0.392 e. The molecule has 0 unspecified atom stereocenters. The minimum atomic E-state index is -0.706. The molecule has 3 rings (SSSR count). The van der Waals surface area contributed by atoms with Gasteiger partial charge >= 0.3 is 0 Å². The maximum atomic E-state index is 12.5. The van der Waals surface area contributed by atoms with Gasteiger partial charge in [0, 0.05) is 31.8 Å². The third kappa shape index (κ3) is 6.58. The Morgan fingerprint density at radius 3 is 2.52 bits per heavy atom. The van der Waals surface area contributed by atoms with Crippen molar-refractivity contribution in [2.75, 3.05) is 7.11 Å². The lowest BCUT2D eigenvalue weighted by molar-refractivity contribution is -0.121. The Morgan fingerprint density at radius 2 is 1.81 bits per heavy atom. The lowest BCUT2D eigenvalue weighted by Crippen LogP contribution is -2.20. The van der Waals surface area contributed by atoms with Crippen LogP contribution >= 0.6 is 0 Å².